The fourth-order valence-corrected chi connectivity index (χ4v) is 5.03. The van der Waals surface area contributed by atoms with Crippen LogP contribution in [0.3, 0.4) is 0 Å². The Labute approximate surface area is 165 Å². The van der Waals surface area contributed by atoms with E-state index < -0.39 is 0 Å². The number of aryl methyl sites for hydroxylation is 1. The van der Waals surface area contributed by atoms with Gasteiger partial charge < -0.3 is 10.2 Å². The van der Waals surface area contributed by atoms with Crippen LogP contribution in [0.5, 0.6) is 0 Å². The summed E-state index contributed by atoms with van der Waals surface area (Å²) >= 11 is 0. The van der Waals surface area contributed by atoms with E-state index in [1.807, 2.05) is 25.1 Å². The standard InChI is InChI=1S/C22H27N3O3/c1-4-24(5-2)16-8-9-17(13(3)10-16)23-18(26)12-25-21(27)19-14-6-7-15(11-14)20(19)22(25)28/h6-10,14-15,19-20H,4-5,11-12H2,1-3H3,(H,23,26)/t14-,15-,19+,20+/m0/s1. The van der Waals surface area contributed by atoms with Gasteiger partial charge in [-0.05, 0) is 62.8 Å². The van der Waals surface area contributed by atoms with Crippen LogP contribution in [-0.4, -0.2) is 42.3 Å². The van der Waals surface area contributed by atoms with Crippen molar-refractivity contribution in [3.8, 4) is 0 Å². The largest absolute Gasteiger partial charge is 0.372 e. The first-order valence-electron chi connectivity index (χ1n) is 10.1. The molecule has 148 valence electrons. The second kappa shape index (κ2) is 7.08. The first-order chi connectivity index (χ1) is 13.4. The number of amides is 3. The Bertz CT molecular complexity index is 829. The summed E-state index contributed by atoms with van der Waals surface area (Å²) in [4.78, 5) is 41.4. The second-order valence-electron chi connectivity index (χ2n) is 7.98. The smallest absolute Gasteiger partial charge is 0.244 e. The van der Waals surface area contributed by atoms with Crippen LogP contribution < -0.4 is 10.2 Å². The number of hydrogen-bond acceptors (Lipinski definition) is 4. The molecule has 3 aliphatic rings. The third-order valence-corrected chi connectivity index (χ3v) is 6.48. The van der Waals surface area contributed by atoms with E-state index in [1.165, 1.54) is 0 Å². The molecule has 2 aliphatic carbocycles. The fourth-order valence-electron chi connectivity index (χ4n) is 5.03. The van der Waals surface area contributed by atoms with Gasteiger partial charge in [0.2, 0.25) is 17.7 Å². The highest BCUT2D eigenvalue weighted by Crippen LogP contribution is 2.52. The van der Waals surface area contributed by atoms with E-state index in [4.69, 9.17) is 0 Å². The molecule has 1 aromatic carbocycles. The SMILES string of the molecule is CCN(CC)c1ccc(NC(=O)CN2C(=O)[C@H]3[C@H](C2=O)[C@H]2C=C[C@H]3C2)c(C)c1. The summed E-state index contributed by atoms with van der Waals surface area (Å²) in [7, 11) is 0. The molecule has 6 nitrogen and oxygen atoms in total. The molecular weight excluding hydrogens is 354 g/mol. The predicted octanol–water partition coefficient (Wildman–Crippen LogP) is 2.59. The molecule has 0 aromatic heterocycles. The van der Waals surface area contributed by atoms with Crippen LogP contribution in [0.15, 0.2) is 30.4 Å². The van der Waals surface area contributed by atoms with Crippen LogP contribution in [0.2, 0.25) is 0 Å². The lowest BCUT2D eigenvalue weighted by Crippen LogP contribution is -2.39. The average molecular weight is 381 g/mol. The highest BCUT2D eigenvalue weighted by molar-refractivity contribution is 6.09. The Kier molecular flexibility index (Phi) is 4.73. The normalized spacial score (nSPS) is 27.5. The van der Waals surface area contributed by atoms with E-state index in [0.717, 1.165) is 35.7 Å². The highest BCUT2D eigenvalue weighted by Gasteiger charge is 2.59. The van der Waals surface area contributed by atoms with Gasteiger partial charge in [-0.3, -0.25) is 19.3 Å². The van der Waals surface area contributed by atoms with Gasteiger partial charge >= 0.3 is 0 Å². The number of benzene rings is 1. The maximum atomic E-state index is 12.7. The highest BCUT2D eigenvalue weighted by atomic mass is 16.2. The third-order valence-electron chi connectivity index (χ3n) is 6.48. The number of hydrogen-bond donors (Lipinski definition) is 1. The quantitative estimate of drug-likeness (QED) is 0.607. The monoisotopic (exact) mass is 381 g/mol. The van der Waals surface area contributed by atoms with Crippen molar-refractivity contribution in [2.75, 3.05) is 29.9 Å². The van der Waals surface area contributed by atoms with Gasteiger partial charge in [0.25, 0.3) is 0 Å². The van der Waals surface area contributed by atoms with Crippen molar-refractivity contribution in [2.24, 2.45) is 23.7 Å². The van der Waals surface area contributed by atoms with Crippen LogP contribution in [0.25, 0.3) is 0 Å². The molecule has 0 spiro atoms. The molecule has 1 saturated heterocycles. The second-order valence-corrected chi connectivity index (χ2v) is 7.98. The number of fused-ring (bicyclic) bond motifs is 5. The Morgan fingerprint density at radius 3 is 2.25 bits per heavy atom. The van der Waals surface area contributed by atoms with Gasteiger partial charge in [-0.1, -0.05) is 12.2 Å². The molecule has 1 aliphatic heterocycles. The summed E-state index contributed by atoms with van der Waals surface area (Å²) in [5.41, 5.74) is 2.78. The molecule has 2 fully saturated rings. The molecule has 0 unspecified atom stereocenters. The van der Waals surface area contributed by atoms with Crippen molar-refractivity contribution < 1.29 is 14.4 Å². The zero-order chi connectivity index (χ0) is 20.0. The lowest BCUT2D eigenvalue weighted by molar-refractivity contribution is -0.143. The van der Waals surface area contributed by atoms with E-state index in [9.17, 15) is 14.4 Å². The summed E-state index contributed by atoms with van der Waals surface area (Å²) in [6.45, 7) is 7.79. The number of allylic oxidation sites excluding steroid dienone is 2. The van der Waals surface area contributed by atoms with Gasteiger partial charge in [-0.25, -0.2) is 0 Å². The molecule has 1 N–H and O–H groups in total. The minimum absolute atomic E-state index is 0.161. The molecule has 1 saturated carbocycles. The first kappa shape index (κ1) is 18.7. The maximum Gasteiger partial charge on any atom is 0.244 e. The molecule has 1 aromatic rings. The summed E-state index contributed by atoms with van der Waals surface area (Å²) < 4.78 is 0. The minimum Gasteiger partial charge on any atom is -0.372 e. The molecular formula is C22H27N3O3. The van der Waals surface area contributed by atoms with E-state index >= 15 is 0 Å². The van der Waals surface area contributed by atoms with Gasteiger partial charge in [0.1, 0.15) is 6.54 Å². The number of rotatable bonds is 6. The molecule has 4 rings (SSSR count). The van der Waals surface area contributed by atoms with E-state index in [2.05, 4.69) is 36.2 Å². The van der Waals surface area contributed by atoms with Crippen molar-refractivity contribution in [3.05, 3.63) is 35.9 Å². The van der Waals surface area contributed by atoms with Crippen molar-refractivity contribution in [2.45, 2.75) is 27.2 Å². The summed E-state index contributed by atoms with van der Waals surface area (Å²) in [5.74, 6) is -0.897. The fraction of sp³-hybridized carbons (Fsp3) is 0.500. The summed E-state index contributed by atoms with van der Waals surface area (Å²) in [6.07, 6.45) is 5.01. The molecule has 28 heavy (non-hydrogen) atoms. The zero-order valence-corrected chi connectivity index (χ0v) is 16.6. The van der Waals surface area contributed by atoms with Crippen molar-refractivity contribution >= 4 is 29.1 Å². The summed E-state index contributed by atoms with van der Waals surface area (Å²) in [5, 5.41) is 2.86. The van der Waals surface area contributed by atoms with Gasteiger partial charge in [0.05, 0.1) is 11.8 Å². The Hall–Kier alpha value is -2.63. The maximum absolute atomic E-state index is 12.7. The van der Waals surface area contributed by atoms with Gasteiger partial charge in [-0.15, -0.1) is 0 Å². The first-order valence-corrected chi connectivity index (χ1v) is 10.1. The molecule has 3 amide bonds. The van der Waals surface area contributed by atoms with E-state index in [1.54, 1.807) is 0 Å². The van der Waals surface area contributed by atoms with E-state index in [-0.39, 0.29) is 47.9 Å². The summed E-state index contributed by atoms with van der Waals surface area (Å²) in [6, 6.07) is 5.91. The molecule has 0 radical (unpaired) electrons. The predicted molar refractivity (Wildman–Crippen MR) is 108 cm³/mol. The number of carbonyl (C=O) groups is 3. The van der Waals surface area contributed by atoms with Crippen molar-refractivity contribution in [1.29, 1.82) is 0 Å². The topological polar surface area (TPSA) is 69.7 Å². The van der Waals surface area contributed by atoms with Crippen molar-refractivity contribution in [1.82, 2.24) is 4.90 Å². The molecule has 6 heteroatoms. The number of anilines is 2. The number of likely N-dealkylation sites (tertiary alicyclic amines) is 1. The molecule has 4 atom stereocenters. The van der Waals surface area contributed by atoms with Gasteiger partial charge in [-0.2, -0.15) is 0 Å². The molecule has 2 bridgehead atoms. The average Bonchev–Trinajstić information content (AvgIpc) is 3.35. The number of imide groups is 1. The van der Waals surface area contributed by atoms with Gasteiger partial charge in [0, 0.05) is 24.5 Å². The van der Waals surface area contributed by atoms with Crippen LogP contribution >= 0.6 is 0 Å². The third kappa shape index (κ3) is 2.91. The van der Waals surface area contributed by atoms with Crippen LogP contribution in [0, 0.1) is 30.6 Å². The number of nitrogens with one attached hydrogen (secondary N) is 1. The molecule has 1 heterocycles. The number of nitrogens with zero attached hydrogens (tertiary/aromatic N) is 2. The minimum atomic E-state index is -0.333. The number of carbonyl (C=O) groups excluding carboxylic acids is 3. The Morgan fingerprint density at radius 1 is 1.11 bits per heavy atom. The van der Waals surface area contributed by atoms with Crippen LogP contribution in [0.1, 0.15) is 25.8 Å². The van der Waals surface area contributed by atoms with E-state index in [0.29, 0.717) is 5.69 Å². The van der Waals surface area contributed by atoms with Crippen molar-refractivity contribution in [3.63, 3.8) is 0 Å². The lowest BCUT2D eigenvalue weighted by atomic mass is 9.85. The van der Waals surface area contributed by atoms with Crippen LogP contribution in [-0.2, 0) is 14.4 Å². The Morgan fingerprint density at radius 2 is 1.71 bits per heavy atom. The van der Waals surface area contributed by atoms with Gasteiger partial charge in [0.15, 0.2) is 0 Å². The van der Waals surface area contributed by atoms with Crippen LogP contribution in [0.4, 0.5) is 11.4 Å². The lowest BCUT2D eigenvalue weighted by Gasteiger charge is -2.22. The zero-order valence-electron chi connectivity index (χ0n) is 16.6. The Balaban J connectivity index is 1.43.